The number of benzene rings is 1. The SMILES string of the molecule is CCS(=O)(=O)N(CC(=O)NCCCN1CCCCCC1)c1ccc2c(c1)OCO2. The number of amides is 1. The maximum atomic E-state index is 12.6. The molecule has 1 aromatic rings. The van der Waals surface area contributed by atoms with E-state index in [0.717, 1.165) is 30.4 Å². The quantitative estimate of drug-likeness (QED) is 0.609. The molecular weight excluding hydrogens is 394 g/mol. The fourth-order valence-corrected chi connectivity index (χ4v) is 4.68. The highest BCUT2D eigenvalue weighted by atomic mass is 32.2. The van der Waals surface area contributed by atoms with Crippen LogP contribution in [-0.2, 0) is 14.8 Å². The topological polar surface area (TPSA) is 88.2 Å². The number of carbonyl (C=O) groups is 1. The van der Waals surface area contributed by atoms with E-state index in [1.54, 1.807) is 25.1 Å². The number of likely N-dealkylation sites (tertiary alicyclic amines) is 1. The molecule has 1 amide bonds. The Labute approximate surface area is 173 Å². The Balaban J connectivity index is 1.54. The van der Waals surface area contributed by atoms with Crippen LogP contribution in [0.3, 0.4) is 0 Å². The number of hydrogen-bond acceptors (Lipinski definition) is 6. The first-order valence-corrected chi connectivity index (χ1v) is 12.0. The van der Waals surface area contributed by atoms with E-state index in [2.05, 4.69) is 10.2 Å². The first-order chi connectivity index (χ1) is 14.0. The predicted octanol–water partition coefficient (Wildman–Crippen LogP) is 1.95. The van der Waals surface area contributed by atoms with Gasteiger partial charge in [0.25, 0.3) is 0 Å². The van der Waals surface area contributed by atoms with Gasteiger partial charge in [0.05, 0.1) is 11.4 Å². The molecule has 1 N–H and O–H groups in total. The van der Waals surface area contributed by atoms with Crippen molar-refractivity contribution < 1.29 is 22.7 Å². The number of sulfonamides is 1. The minimum Gasteiger partial charge on any atom is -0.454 e. The van der Waals surface area contributed by atoms with Crippen LogP contribution in [0.5, 0.6) is 11.5 Å². The summed E-state index contributed by atoms with van der Waals surface area (Å²) >= 11 is 0. The number of fused-ring (bicyclic) bond motifs is 1. The van der Waals surface area contributed by atoms with Crippen molar-refractivity contribution in [2.75, 3.05) is 49.6 Å². The maximum absolute atomic E-state index is 12.6. The number of nitrogens with one attached hydrogen (secondary N) is 1. The molecule has 9 heteroatoms. The molecule has 29 heavy (non-hydrogen) atoms. The third kappa shape index (κ3) is 5.99. The molecular formula is C20H31N3O5S. The summed E-state index contributed by atoms with van der Waals surface area (Å²) in [6, 6.07) is 4.89. The van der Waals surface area contributed by atoms with Crippen molar-refractivity contribution in [3.8, 4) is 11.5 Å². The van der Waals surface area contributed by atoms with Crippen LogP contribution in [0.15, 0.2) is 18.2 Å². The number of ether oxygens (including phenoxy) is 2. The lowest BCUT2D eigenvalue weighted by atomic mass is 10.2. The van der Waals surface area contributed by atoms with Crippen LogP contribution < -0.4 is 19.1 Å². The van der Waals surface area contributed by atoms with Gasteiger partial charge in [-0.3, -0.25) is 9.10 Å². The van der Waals surface area contributed by atoms with E-state index in [-0.39, 0.29) is 25.0 Å². The first kappa shape index (κ1) is 21.7. The summed E-state index contributed by atoms with van der Waals surface area (Å²) < 4.78 is 36.9. The highest BCUT2D eigenvalue weighted by Gasteiger charge is 2.25. The monoisotopic (exact) mass is 425 g/mol. The van der Waals surface area contributed by atoms with E-state index >= 15 is 0 Å². The Kier molecular flexibility index (Phi) is 7.60. The average Bonchev–Trinajstić information content (AvgIpc) is 3.03. The van der Waals surface area contributed by atoms with E-state index in [0.29, 0.717) is 23.7 Å². The lowest BCUT2D eigenvalue weighted by Gasteiger charge is -2.24. The van der Waals surface area contributed by atoms with Gasteiger partial charge in [0.2, 0.25) is 22.7 Å². The van der Waals surface area contributed by atoms with Crippen LogP contribution in [-0.4, -0.2) is 64.5 Å². The zero-order chi connectivity index (χ0) is 20.7. The van der Waals surface area contributed by atoms with Gasteiger partial charge in [0.1, 0.15) is 6.54 Å². The van der Waals surface area contributed by atoms with Crippen molar-refractivity contribution in [1.82, 2.24) is 10.2 Å². The van der Waals surface area contributed by atoms with Crippen LogP contribution in [0.25, 0.3) is 0 Å². The summed E-state index contributed by atoms with van der Waals surface area (Å²) in [6.45, 7) is 5.17. The van der Waals surface area contributed by atoms with Gasteiger partial charge in [0, 0.05) is 12.6 Å². The van der Waals surface area contributed by atoms with E-state index in [9.17, 15) is 13.2 Å². The molecule has 3 rings (SSSR count). The van der Waals surface area contributed by atoms with Crippen LogP contribution in [0.1, 0.15) is 39.0 Å². The smallest absolute Gasteiger partial charge is 0.240 e. The van der Waals surface area contributed by atoms with Crippen molar-refractivity contribution in [1.29, 1.82) is 0 Å². The molecule has 0 unspecified atom stereocenters. The predicted molar refractivity (Wildman–Crippen MR) is 112 cm³/mol. The summed E-state index contributed by atoms with van der Waals surface area (Å²) in [5.41, 5.74) is 0.399. The molecule has 8 nitrogen and oxygen atoms in total. The molecule has 0 bridgehead atoms. The number of hydrogen-bond donors (Lipinski definition) is 1. The molecule has 1 fully saturated rings. The second kappa shape index (κ2) is 10.2. The van der Waals surface area contributed by atoms with Gasteiger partial charge < -0.3 is 19.7 Å². The molecule has 2 heterocycles. The van der Waals surface area contributed by atoms with Crippen LogP contribution in [0.2, 0.25) is 0 Å². The van der Waals surface area contributed by atoms with E-state index in [1.807, 2.05) is 0 Å². The van der Waals surface area contributed by atoms with E-state index < -0.39 is 10.0 Å². The Morgan fingerprint density at radius 1 is 1.14 bits per heavy atom. The standard InChI is InChI=1S/C20H31N3O5S/c1-2-29(25,26)23(17-8-9-18-19(14-17)28-16-27-18)15-20(24)21-10-7-13-22-11-5-3-4-6-12-22/h8-9,14H,2-7,10-13,15-16H2,1H3,(H,21,24). The molecule has 162 valence electrons. The molecule has 2 aliphatic rings. The lowest BCUT2D eigenvalue weighted by molar-refractivity contribution is -0.119. The largest absolute Gasteiger partial charge is 0.454 e. The van der Waals surface area contributed by atoms with Gasteiger partial charge >= 0.3 is 0 Å². The normalized spacial score (nSPS) is 17.0. The Hall–Kier alpha value is -2.00. The zero-order valence-corrected chi connectivity index (χ0v) is 17.9. The van der Waals surface area contributed by atoms with Crippen LogP contribution >= 0.6 is 0 Å². The fraction of sp³-hybridized carbons (Fsp3) is 0.650. The summed E-state index contributed by atoms with van der Waals surface area (Å²) in [6.07, 6.45) is 5.94. The van der Waals surface area contributed by atoms with Gasteiger partial charge in [-0.05, 0) is 58.0 Å². The van der Waals surface area contributed by atoms with Gasteiger partial charge in [-0.2, -0.15) is 0 Å². The molecule has 1 aromatic carbocycles. The minimum absolute atomic E-state index is 0.0936. The highest BCUT2D eigenvalue weighted by Crippen LogP contribution is 2.36. The summed E-state index contributed by atoms with van der Waals surface area (Å²) in [7, 11) is -3.61. The summed E-state index contributed by atoms with van der Waals surface area (Å²) in [5, 5.41) is 2.86. The third-order valence-corrected chi connectivity index (χ3v) is 7.04. The number of anilines is 1. The first-order valence-electron chi connectivity index (χ1n) is 10.4. The molecule has 1 saturated heterocycles. The molecule has 0 atom stereocenters. The van der Waals surface area contributed by atoms with Crippen molar-refractivity contribution in [3.63, 3.8) is 0 Å². The number of rotatable bonds is 9. The molecule has 0 radical (unpaired) electrons. The zero-order valence-electron chi connectivity index (χ0n) is 17.1. The Morgan fingerprint density at radius 3 is 2.59 bits per heavy atom. The second-order valence-corrected chi connectivity index (χ2v) is 9.59. The summed E-state index contributed by atoms with van der Waals surface area (Å²) in [4.78, 5) is 14.9. The average molecular weight is 426 g/mol. The molecule has 2 aliphatic heterocycles. The molecule has 0 aliphatic carbocycles. The molecule has 0 saturated carbocycles. The number of carbonyl (C=O) groups excluding carboxylic acids is 1. The van der Waals surface area contributed by atoms with Gasteiger partial charge in [0.15, 0.2) is 11.5 Å². The van der Waals surface area contributed by atoms with Gasteiger partial charge in [-0.15, -0.1) is 0 Å². The number of nitrogens with zero attached hydrogens (tertiary/aromatic N) is 2. The van der Waals surface area contributed by atoms with Gasteiger partial charge in [-0.25, -0.2) is 8.42 Å². The molecule has 0 spiro atoms. The lowest BCUT2D eigenvalue weighted by Crippen LogP contribution is -2.42. The maximum Gasteiger partial charge on any atom is 0.240 e. The minimum atomic E-state index is -3.61. The second-order valence-electron chi connectivity index (χ2n) is 7.40. The fourth-order valence-electron chi connectivity index (χ4n) is 3.62. The summed E-state index contributed by atoms with van der Waals surface area (Å²) in [5.74, 6) is 0.650. The highest BCUT2D eigenvalue weighted by molar-refractivity contribution is 7.92. The van der Waals surface area contributed by atoms with Crippen molar-refractivity contribution >= 4 is 21.6 Å². The van der Waals surface area contributed by atoms with Crippen LogP contribution in [0, 0.1) is 0 Å². The van der Waals surface area contributed by atoms with Crippen molar-refractivity contribution in [2.45, 2.75) is 39.0 Å². The third-order valence-electron chi connectivity index (χ3n) is 5.30. The van der Waals surface area contributed by atoms with Crippen molar-refractivity contribution in [3.05, 3.63) is 18.2 Å². The van der Waals surface area contributed by atoms with Crippen molar-refractivity contribution in [2.24, 2.45) is 0 Å². The van der Waals surface area contributed by atoms with Gasteiger partial charge in [-0.1, -0.05) is 12.8 Å². The van der Waals surface area contributed by atoms with E-state index in [4.69, 9.17) is 9.47 Å². The van der Waals surface area contributed by atoms with Crippen LogP contribution in [0.4, 0.5) is 5.69 Å². The van der Waals surface area contributed by atoms with E-state index in [1.165, 1.54) is 25.7 Å². The Bertz CT molecular complexity index is 791. The Morgan fingerprint density at radius 2 is 1.86 bits per heavy atom. The molecule has 0 aromatic heterocycles.